The van der Waals surface area contributed by atoms with Gasteiger partial charge in [-0.1, -0.05) is 36.0 Å². The number of methoxy groups -OCH3 is 1. The van der Waals surface area contributed by atoms with E-state index >= 15 is 0 Å². The summed E-state index contributed by atoms with van der Waals surface area (Å²) < 4.78 is 12.0. The SMILES string of the molecule is COC(=O)c1ccc2c(=O)n(CCN3CCOCC3)c(SCc3ccccc3C)nc2c1. The van der Waals surface area contributed by atoms with E-state index in [9.17, 15) is 9.59 Å². The van der Waals surface area contributed by atoms with Gasteiger partial charge >= 0.3 is 5.97 Å². The van der Waals surface area contributed by atoms with Gasteiger partial charge in [0.15, 0.2) is 5.16 Å². The molecule has 32 heavy (non-hydrogen) atoms. The molecule has 0 amide bonds. The van der Waals surface area contributed by atoms with Crippen LogP contribution in [0.4, 0.5) is 0 Å². The number of rotatable bonds is 7. The molecule has 168 valence electrons. The van der Waals surface area contributed by atoms with Crippen molar-refractivity contribution in [3.63, 3.8) is 0 Å². The van der Waals surface area contributed by atoms with E-state index in [0.29, 0.717) is 33.9 Å². The highest BCUT2D eigenvalue weighted by atomic mass is 32.2. The van der Waals surface area contributed by atoms with Crippen LogP contribution in [0.25, 0.3) is 10.9 Å². The number of fused-ring (bicyclic) bond motifs is 1. The van der Waals surface area contributed by atoms with Crippen LogP contribution in [-0.2, 0) is 21.8 Å². The first-order valence-corrected chi connectivity index (χ1v) is 11.7. The molecule has 0 unspecified atom stereocenters. The largest absolute Gasteiger partial charge is 0.465 e. The van der Waals surface area contributed by atoms with Crippen molar-refractivity contribution in [2.75, 3.05) is 40.0 Å². The number of nitrogens with zero attached hydrogens (tertiary/aromatic N) is 3. The van der Waals surface area contributed by atoms with Crippen molar-refractivity contribution in [1.82, 2.24) is 14.5 Å². The van der Waals surface area contributed by atoms with Gasteiger partial charge in [0.2, 0.25) is 0 Å². The van der Waals surface area contributed by atoms with E-state index in [0.717, 1.165) is 32.8 Å². The zero-order valence-electron chi connectivity index (χ0n) is 18.4. The van der Waals surface area contributed by atoms with Gasteiger partial charge in [-0.3, -0.25) is 14.3 Å². The summed E-state index contributed by atoms with van der Waals surface area (Å²) in [5.41, 5.74) is 3.21. The molecule has 0 atom stereocenters. The molecule has 2 heterocycles. The number of morpholine rings is 1. The molecular weight excluding hydrogens is 426 g/mol. The Morgan fingerprint density at radius 1 is 1.16 bits per heavy atom. The van der Waals surface area contributed by atoms with E-state index in [2.05, 4.69) is 24.0 Å². The Balaban J connectivity index is 1.69. The van der Waals surface area contributed by atoms with Crippen LogP contribution in [0.1, 0.15) is 21.5 Å². The lowest BCUT2D eigenvalue weighted by Crippen LogP contribution is -2.39. The summed E-state index contributed by atoms with van der Waals surface area (Å²) in [6, 6.07) is 13.1. The van der Waals surface area contributed by atoms with E-state index in [4.69, 9.17) is 14.5 Å². The highest BCUT2D eigenvalue weighted by Crippen LogP contribution is 2.24. The van der Waals surface area contributed by atoms with Gasteiger partial charge in [0, 0.05) is 31.9 Å². The summed E-state index contributed by atoms with van der Waals surface area (Å²) in [4.78, 5) is 32.5. The molecule has 8 heteroatoms. The molecule has 1 aliphatic heterocycles. The molecule has 0 bridgehead atoms. The summed E-state index contributed by atoms with van der Waals surface area (Å²) in [5, 5.41) is 1.15. The number of ether oxygens (including phenoxy) is 2. The van der Waals surface area contributed by atoms with Crippen molar-refractivity contribution in [1.29, 1.82) is 0 Å². The number of thioether (sulfide) groups is 1. The van der Waals surface area contributed by atoms with Crippen LogP contribution in [-0.4, -0.2) is 60.4 Å². The number of aryl methyl sites for hydroxylation is 1. The number of carbonyl (C=O) groups is 1. The monoisotopic (exact) mass is 453 g/mol. The number of benzene rings is 2. The Morgan fingerprint density at radius 2 is 1.94 bits per heavy atom. The zero-order chi connectivity index (χ0) is 22.5. The minimum absolute atomic E-state index is 0.0908. The average Bonchev–Trinajstić information content (AvgIpc) is 2.83. The molecule has 0 saturated carbocycles. The Morgan fingerprint density at radius 3 is 2.69 bits per heavy atom. The fraction of sp³-hybridized carbons (Fsp3) is 0.375. The lowest BCUT2D eigenvalue weighted by atomic mass is 10.1. The maximum Gasteiger partial charge on any atom is 0.337 e. The first kappa shape index (κ1) is 22.5. The van der Waals surface area contributed by atoms with Gasteiger partial charge < -0.3 is 9.47 Å². The quantitative estimate of drug-likeness (QED) is 0.309. The second kappa shape index (κ2) is 10.3. The maximum atomic E-state index is 13.4. The normalized spacial score (nSPS) is 14.6. The number of carbonyl (C=O) groups excluding carboxylic acids is 1. The number of hydrogen-bond acceptors (Lipinski definition) is 7. The van der Waals surface area contributed by atoms with Gasteiger partial charge in [-0.05, 0) is 36.2 Å². The summed E-state index contributed by atoms with van der Waals surface area (Å²) in [7, 11) is 1.34. The standard InChI is InChI=1S/C24H27N3O4S/c1-17-5-3-4-6-19(17)16-32-24-25-21-15-18(23(29)30-2)7-8-20(21)22(28)27(24)10-9-26-11-13-31-14-12-26/h3-8,15H,9-14,16H2,1-2H3. The Labute approximate surface area is 191 Å². The highest BCUT2D eigenvalue weighted by molar-refractivity contribution is 7.98. The van der Waals surface area contributed by atoms with E-state index in [1.807, 2.05) is 12.1 Å². The molecule has 1 saturated heterocycles. The second-order valence-corrected chi connectivity index (χ2v) is 8.69. The predicted octanol–water partition coefficient (Wildman–Crippen LogP) is 3.12. The van der Waals surface area contributed by atoms with E-state index in [-0.39, 0.29) is 5.56 Å². The molecule has 7 nitrogen and oxygen atoms in total. The molecule has 4 rings (SSSR count). The van der Waals surface area contributed by atoms with Crippen molar-refractivity contribution >= 4 is 28.6 Å². The van der Waals surface area contributed by atoms with Gasteiger partial charge in [0.05, 0.1) is 36.8 Å². The molecule has 1 fully saturated rings. The molecule has 3 aromatic rings. The molecule has 2 aromatic carbocycles. The van der Waals surface area contributed by atoms with Crippen LogP contribution in [0.3, 0.4) is 0 Å². The van der Waals surface area contributed by atoms with Crippen molar-refractivity contribution < 1.29 is 14.3 Å². The van der Waals surface area contributed by atoms with Crippen molar-refractivity contribution in [2.24, 2.45) is 0 Å². The van der Waals surface area contributed by atoms with Crippen molar-refractivity contribution in [2.45, 2.75) is 24.4 Å². The Hall–Kier alpha value is -2.68. The minimum atomic E-state index is -0.445. The topological polar surface area (TPSA) is 73.7 Å². The molecule has 0 N–H and O–H groups in total. The maximum absolute atomic E-state index is 13.4. The van der Waals surface area contributed by atoms with Gasteiger partial charge in [0.25, 0.3) is 5.56 Å². The van der Waals surface area contributed by atoms with E-state index in [1.54, 1.807) is 34.5 Å². The summed E-state index contributed by atoms with van der Waals surface area (Å²) in [5.74, 6) is 0.262. The molecular formula is C24H27N3O4S. The lowest BCUT2D eigenvalue weighted by Gasteiger charge is -2.27. The van der Waals surface area contributed by atoms with Gasteiger partial charge in [-0.2, -0.15) is 0 Å². The fourth-order valence-electron chi connectivity index (χ4n) is 3.73. The van der Waals surface area contributed by atoms with Crippen molar-refractivity contribution in [3.8, 4) is 0 Å². The molecule has 1 aromatic heterocycles. The second-order valence-electron chi connectivity index (χ2n) is 7.74. The van der Waals surface area contributed by atoms with Gasteiger partial charge in [-0.15, -0.1) is 0 Å². The van der Waals surface area contributed by atoms with Gasteiger partial charge in [-0.25, -0.2) is 9.78 Å². The van der Waals surface area contributed by atoms with Crippen LogP contribution in [0.15, 0.2) is 52.4 Å². The summed E-state index contributed by atoms with van der Waals surface area (Å²) in [6.45, 7) is 6.56. The number of esters is 1. The van der Waals surface area contributed by atoms with Crippen LogP contribution in [0.5, 0.6) is 0 Å². The molecule has 0 spiro atoms. The third-order valence-electron chi connectivity index (χ3n) is 5.70. The molecule has 1 aliphatic rings. The van der Waals surface area contributed by atoms with Crippen molar-refractivity contribution in [3.05, 3.63) is 69.5 Å². The Bertz CT molecular complexity index is 1170. The average molecular weight is 454 g/mol. The van der Waals surface area contributed by atoms with Crippen LogP contribution < -0.4 is 5.56 Å². The lowest BCUT2D eigenvalue weighted by molar-refractivity contribution is 0.0359. The first-order chi connectivity index (χ1) is 15.6. The highest BCUT2D eigenvalue weighted by Gasteiger charge is 2.17. The first-order valence-electron chi connectivity index (χ1n) is 10.7. The minimum Gasteiger partial charge on any atom is -0.465 e. The van der Waals surface area contributed by atoms with Crippen LogP contribution >= 0.6 is 11.8 Å². The smallest absolute Gasteiger partial charge is 0.337 e. The number of aromatic nitrogens is 2. The third kappa shape index (κ3) is 5.03. The molecule has 0 radical (unpaired) electrons. The van der Waals surface area contributed by atoms with Crippen LogP contribution in [0.2, 0.25) is 0 Å². The summed E-state index contributed by atoms with van der Waals surface area (Å²) >= 11 is 1.54. The number of hydrogen-bond donors (Lipinski definition) is 0. The van der Waals surface area contributed by atoms with Gasteiger partial charge in [0.1, 0.15) is 0 Å². The zero-order valence-corrected chi connectivity index (χ0v) is 19.2. The summed E-state index contributed by atoms with van der Waals surface area (Å²) in [6.07, 6.45) is 0. The predicted molar refractivity (Wildman–Crippen MR) is 125 cm³/mol. The van der Waals surface area contributed by atoms with E-state index in [1.165, 1.54) is 18.2 Å². The third-order valence-corrected chi connectivity index (χ3v) is 6.73. The fourth-order valence-corrected chi connectivity index (χ4v) is 4.83. The van der Waals surface area contributed by atoms with Crippen LogP contribution in [0, 0.1) is 6.92 Å². The van der Waals surface area contributed by atoms with E-state index < -0.39 is 5.97 Å². The molecule has 0 aliphatic carbocycles. The Kier molecular flexibility index (Phi) is 7.24.